The number of benzene rings is 3. The van der Waals surface area contributed by atoms with Gasteiger partial charge in [-0.1, -0.05) is 29.4 Å². The van der Waals surface area contributed by atoms with E-state index in [0.29, 0.717) is 5.82 Å². The van der Waals surface area contributed by atoms with Gasteiger partial charge in [-0.3, -0.25) is 14.1 Å². The van der Waals surface area contributed by atoms with Gasteiger partial charge in [0.25, 0.3) is 0 Å². The van der Waals surface area contributed by atoms with E-state index in [0.717, 1.165) is 33.4 Å². The summed E-state index contributed by atoms with van der Waals surface area (Å²) in [6, 6.07) is 20.7. The molecule has 0 unspecified atom stereocenters. The molecule has 0 saturated carbocycles. The maximum Gasteiger partial charge on any atom is 0.439 e. The molecular weight excluding hydrogens is 356 g/mol. The fourth-order valence-electron chi connectivity index (χ4n) is 3.20. The average molecular weight is 370 g/mol. The molecule has 7 nitrogen and oxygen atoms in total. The number of H-pyrrole nitrogens is 1. The second kappa shape index (κ2) is 6.24. The predicted octanol–water partition coefficient (Wildman–Crippen LogP) is 3.74. The maximum absolute atomic E-state index is 11.2. The minimum atomic E-state index is -0.592. The van der Waals surface area contributed by atoms with Crippen molar-refractivity contribution in [3.63, 3.8) is 0 Å². The zero-order chi connectivity index (χ0) is 19.1. The van der Waals surface area contributed by atoms with Crippen molar-refractivity contribution in [1.82, 2.24) is 19.7 Å². The van der Waals surface area contributed by atoms with Crippen molar-refractivity contribution in [1.29, 1.82) is 0 Å². The summed E-state index contributed by atoms with van der Waals surface area (Å²) in [5.74, 6) is 0.0154. The predicted molar refractivity (Wildman–Crippen MR) is 104 cm³/mol. The Morgan fingerprint density at radius 2 is 1.75 bits per heavy atom. The molecule has 28 heavy (non-hydrogen) atoms. The fourth-order valence-corrected chi connectivity index (χ4v) is 3.20. The van der Waals surface area contributed by atoms with Crippen LogP contribution in [0.5, 0.6) is 5.75 Å². The van der Waals surface area contributed by atoms with Crippen molar-refractivity contribution in [2.45, 2.75) is 0 Å². The Bertz CT molecular complexity index is 1350. The van der Waals surface area contributed by atoms with Gasteiger partial charge in [-0.15, -0.1) is 0 Å². The van der Waals surface area contributed by atoms with Gasteiger partial charge in [-0.05, 0) is 53.6 Å². The Morgan fingerprint density at radius 1 is 0.929 bits per heavy atom. The number of fused-ring (bicyclic) bond motifs is 1. The van der Waals surface area contributed by atoms with Crippen LogP contribution in [0.1, 0.15) is 0 Å². The van der Waals surface area contributed by atoms with Crippen molar-refractivity contribution in [3.8, 4) is 34.0 Å². The molecule has 0 radical (unpaired) electrons. The number of nitrogens with zero attached hydrogens (tertiary/aromatic N) is 3. The van der Waals surface area contributed by atoms with E-state index in [1.165, 1.54) is 0 Å². The number of phenols is 1. The summed E-state index contributed by atoms with van der Waals surface area (Å²) in [5.41, 5.74) is 5.41. The van der Waals surface area contributed by atoms with Gasteiger partial charge in [0.1, 0.15) is 12.1 Å². The lowest BCUT2D eigenvalue weighted by Gasteiger charge is -2.08. The van der Waals surface area contributed by atoms with Gasteiger partial charge < -0.3 is 5.11 Å². The van der Waals surface area contributed by atoms with Crippen LogP contribution in [-0.4, -0.2) is 24.8 Å². The minimum absolute atomic E-state index is 0.235. The molecule has 0 aliphatic heterocycles. The van der Waals surface area contributed by atoms with Crippen molar-refractivity contribution in [3.05, 3.63) is 83.6 Å². The molecule has 0 spiro atoms. The zero-order valence-electron chi connectivity index (χ0n) is 14.5. The number of hydrogen-bond acceptors (Lipinski definition) is 5. The van der Waals surface area contributed by atoms with Gasteiger partial charge in [0, 0.05) is 11.3 Å². The highest BCUT2D eigenvalue weighted by Gasteiger charge is 2.10. The molecule has 5 rings (SSSR count). The minimum Gasteiger partial charge on any atom is -0.508 e. The van der Waals surface area contributed by atoms with Crippen LogP contribution in [-0.2, 0) is 0 Å². The number of imidazole rings is 1. The van der Waals surface area contributed by atoms with Crippen LogP contribution in [0.25, 0.3) is 39.2 Å². The lowest BCUT2D eigenvalue weighted by atomic mass is 10.0. The molecule has 3 aromatic carbocycles. The van der Waals surface area contributed by atoms with Crippen LogP contribution in [0, 0.1) is 0 Å². The number of hydrogen-bond donors (Lipinski definition) is 2. The van der Waals surface area contributed by atoms with E-state index in [1.54, 1.807) is 18.5 Å². The number of nitrogens with one attached hydrogen (secondary N) is 1. The van der Waals surface area contributed by atoms with Crippen molar-refractivity contribution < 1.29 is 9.63 Å². The van der Waals surface area contributed by atoms with Crippen molar-refractivity contribution in [2.24, 2.45) is 0 Å². The van der Waals surface area contributed by atoms with Gasteiger partial charge in [0.15, 0.2) is 5.82 Å². The van der Waals surface area contributed by atoms with E-state index in [4.69, 9.17) is 0 Å². The van der Waals surface area contributed by atoms with E-state index in [2.05, 4.69) is 25.7 Å². The monoisotopic (exact) mass is 370 g/mol. The van der Waals surface area contributed by atoms with Crippen molar-refractivity contribution in [2.75, 3.05) is 0 Å². The molecule has 2 heterocycles. The first-order valence-electron chi connectivity index (χ1n) is 8.61. The van der Waals surface area contributed by atoms with Crippen molar-refractivity contribution >= 4 is 11.0 Å². The van der Waals surface area contributed by atoms with Gasteiger partial charge in [-0.25, -0.2) is 9.78 Å². The third kappa shape index (κ3) is 2.75. The molecular formula is C21H14N4O3. The van der Waals surface area contributed by atoms with Gasteiger partial charge >= 0.3 is 5.76 Å². The molecule has 5 aromatic rings. The molecule has 0 aliphatic carbocycles. The first-order valence-corrected chi connectivity index (χ1v) is 8.61. The highest BCUT2D eigenvalue weighted by molar-refractivity contribution is 5.82. The van der Waals surface area contributed by atoms with Crippen LogP contribution >= 0.6 is 0 Å². The lowest BCUT2D eigenvalue weighted by Crippen LogP contribution is -1.95. The van der Waals surface area contributed by atoms with E-state index in [1.807, 2.05) is 53.1 Å². The standard InChI is InChI=1S/C21H14N4O3/c26-17-7-4-13(5-8-17)14-2-1-3-16(10-14)25-12-22-18-9-6-15(11-19(18)25)20-23-21(27)28-24-20/h1-12,26H,(H,23,24,27). The summed E-state index contributed by atoms with van der Waals surface area (Å²) in [7, 11) is 0. The van der Waals surface area contributed by atoms with Gasteiger partial charge in [0.05, 0.1) is 11.0 Å². The van der Waals surface area contributed by atoms with E-state index in [9.17, 15) is 9.90 Å². The molecule has 0 bridgehead atoms. The average Bonchev–Trinajstić information content (AvgIpc) is 3.34. The summed E-state index contributed by atoms with van der Waals surface area (Å²) in [6.45, 7) is 0. The number of aromatic hydroxyl groups is 1. The highest BCUT2D eigenvalue weighted by atomic mass is 16.5. The normalized spacial score (nSPS) is 11.1. The van der Waals surface area contributed by atoms with Gasteiger partial charge in [0.2, 0.25) is 0 Å². The highest BCUT2D eigenvalue weighted by Crippen LogP contribution is 2.27. The second-order valence-electron chi connectivity index (χ2n) is 6.36. The Balaban J connectivity index is 1.62. The summed E-state index contributed by atoms with van der Waals surface area (Å²) in [6.07, 6.45) is 1.76. The number of rotatable bonds is 3. The molecule has 7 heteroatoms. The lowest BCUT2D eigenvalue weighted by molar-refractivity contribution is 0.388. The Kier molecular flexibility index (Phi) is 3.58. The van der Waals surface area contributed by atoms with Gasteiger partial charge in [-0.2, -0.15) is 0 Å². The summed E-state index contributed by atoms with van der Waals surface area (Å²) in [4.78, 5) is 18.3. The van der Waals surface area contributed by atoms with Crippen LogP contribution in [0.4, 0.5) is 0 Å². The zero-order valence-corrected chi connectivity index (χ0v) is 14.5. The first kappa shape index (κ1) is 16.1. The molecule has 136 valence electrons. The molecule has 0 amide bonds. The van der Waals surface area contributed by atoms with Crippen LogP contribution < -0.4 is 5.76 Å². The number of aromatic amines is 1. The smallest absolute Gasteiger partial charge is 0.439 e. The van der Waals surface area contributed by atoms with Crippen LogP contribution in [0.2, 0.25) is 0 Å². The summed E-state index contributed by atoms with van der Waals surface area (Å²) < 4.78 is 6.57. The molecule has 0 fully saturated rings. The third-order valence-electron chi connectivity index (χ3n) is 4.59. The second-order valence-corrected chi connectivity index (χ2v) is 6.36. The third-order valence-corrected chi connectivity index (χ3v) is 4.59. The summed E-state index contributed by atoms with van der Waals surface area (Å²) >= 11 is 0. The quantitative estimate of drug-likeness (QED) is 0.504. The Hall–Kier alpha value is -4.13. The van der Waals surface area contributed by atoms with E-state index in [-0.39, 0.29) is 5.75 Å². The number of aromatic nitrogens is 4. The number of phenolic OH excluding ortho intramolecular Hbond substituents is 1. The van der Waals surface area contributed by atoms with E-state index < -0.39 is 5.76 Å². The summed E-state index contributed by atoms with van der Waals surface area (Å²) in [5, 5.41) is 13.2. The topological polar surface area (TPSA) is 96.9 Å². The van der Waals surface area contributed by atoms with Crippen LogP contribution in [0.15, 0.2) is 82.4 Å². The van der Waals surface area contributed by atoms with Crippen LogP contribution in [0.3, 0.4) is 0 Å². The van der Waals surface area contributed by atoms with E-state index >= 15 is 0 Å². The fraction of sp³-hybridized carbons (Fsp3) is 0. The Morgan fingerprint density at radius 3 is 2.54 bits per heavy atom. The SMILES string of the molecule is O=c1[nH]c(-c2ccc3ncn(-c4cccc(-c5ccc(O)cc5)c4)c3c2)no1. The molecule has 0 atom stereocenters. The molecule has 0 aliphatic rings. The molecule has 0 saturated heterocycles. The maximum atomic E-state index is 11.2. The first-order chi connectivity index (χ1) is 13.7. The molecule has 2 aromatic heterocycles. The largest absolute Gasteiger partial charge is 0.508 e. The Labute approximate surface area is 158 Å². The molecule has 2 N–H and O–H groups in total.